The molecule has 2 N–H and O–H groups in total. The molecule has 1 aromatic carbocycles. The van der Waals surface area contributed by atoms with Gasteiger partial charge in [-0.05, 0) is 49.8 Å². The lowest BCUT2D eigenvalue weighted by atomic mass is 10.1. The zero-order valence-corrected chi connectivity index (χ0v) is 13.8. The molecular weight excluding hydrogens is 268 g/mol. The van der Waals surface area contributed by atoms with Crippen LogP contribution >= 0.6 is 11.8 Å². The molecule has 112 valence electrons. The van der Waals surface area contributed by atoms with E-state index < -0.39 is 0 Å². The molecule has 20 heavy (non-hydrogen) atoms. The first-order chi connectivity index (χ1) is 9.58. The number of hydrogen-bond acceptors (Lipinski definition) is 3. The molecule has 0 saturated heterocycles. The summed E-state index contributed by atoms with van der Waals surface area (Å²) in [5, 5.41) is 6.40. The van der Waals surface area contributed by atoms with Crippen molar-refractivity contribution in [3.8, 4) is 0 Å². The number of hydrogen-bond donors (Lipinski definition) is 2. The SMILES string of the molecule is CCCNc1ccc(C(=O)NC(C)CSCC)cc1C. The number of thioether (sulfide) groups is 1. The van der Waals surface area contributed by atoms with Gasteiger partial charge in [0, 0.05) is 29.6 Å². The molecule has 1 amide bonds. The van der Waals surface area contributed by atoms with Gasteiger partial charge < -0.3 is 10.6 Å². The Morgan fingerprint density at radius 2 is 2.10 bits per heavy atom. The zero-order valence-electron chi connectivity index (χ0n) is 13.0. The van der Waals surface area contributed by atoms with Crippen LogP contribution in [0.1, 0.15) is 43.1 Å². The summed E-state index contributed by atoms with van der Waals surface area (Å²) in [7, 11) is 0. The van der Waals surface area contributed by atoms with Crippen LogP contribution in [-0.2, 0) is 0 Å². The Morgan fingerprint density at radius 1 is 1.35 bits per heavy atom. The molecule has 0 bridgehead atoms. The smallest absolute Gasteiger partial charge is 0.251 e. The van der Waals surface area contributed by atoms with Gasteiger partial charge in [0.2, 0.25) is 0 Å². The molecule has 4 heteroatoms. The minimum absolute atomic E-state index is 0.0133. The summed E-state index contributed by atoms with van der Waals surface area (Å²) < 4.78 is 0. The van der Waals surface area contributed by atoms with E-state index in [0.717, 1.165) is 41.3 Å². The fourth-order valence-electron chi connectivity index (χ4n) is 1.91. The topological polar surface area (TPSA) is 41.1 Å². The Hall–Kier alpha value is -1.16. The molecule has 0 saturated carbocycles. The van der Waals surface area contributed by atoms with E-state index in [-0.39, 0.29) is 11.9 Å². The average Bonchev–Trinajstić information content (AvgIpc) is 2.43. The Morgan fingerprint density at radius 3 is 2.70 bits per heavy atom. The van der Waals surface area contributed by atoms with Crippen molar-refractivity contribution >= 4 is 23.4 Å². The third kappa shape index (κ3) is 5.45. The first-order valence-electron chi connectivity index (χ1n) is 7.31. The fraction of sp³-hybridized carbons (Fsp3) is 0.562. The van der Waals surface area contributed by atoms with Crippen molar-refractivity contribution in [1.29, 1.82) is 0 Å². The number of carbonyl (C=O) groups is 1. The Labute approximate surface area is 126 Å². The van der Waals surface area contributed by atoms with Crippen LogP contribution in [0, 0.1) is 6.92 Å². The van der Waals surface area contributed by atoms with Crippen LogP contribution in [0.2, 0.25) is 0 Å². The van der Waals surface area contributed by atoms with E-state index in [9.17, 15) is 4.79 Å². The zero-order chi connectivity index (χ0) is 15.0. The summed E-state index contributed by atoms with van der Waals surface area (Å²) in [6, 6.07) is 6.03. The van der Waals surface area contributed by atoms with Crippen LogP contribution in [0.5, 0.6) is 0 Å². The molecule has 0 radical (unpaired) electrons. The largest absolute Gasteiger partial charge is 0.385 e. The van der Waals surface area contributed by atoms with Crippen LogP contribution in [0.15, 0.2) is 18.2 Å². The summed E-state index contributed by atoms with van der Waals surface area (Å²) in [4.78, 5) is 12.2. The molecule has 0 spiro atoms. The van der Waals surface area contributed by atoms with Crippen molar-refractivity contribution in [3.63, 3.8) is 0 Å². The lowest BCUT2D eigenvalue weighted by Gasteiger charge is -2.14. The van der Waals surface area contributed by atoms with Gasteiger partial charge in [-0.1, -0.05) is 13.8 Å². The molecule has 1 unspecified atom stereocenters. The highest BCUT2D eigenvalue weighted by Crippen LogP contribution is 2.16. The Kier molecular flexibility index (Phi) is 7.52. The second-order valence-electron chi connectivity index (χ2n) is 4.99. The van der Waals surface area contributed by atoms with E-state index in [4.69, 9.17) is 0 Å². The summed E-state index contributed by atoms with van der Waals surface area (Å²) in [6.07, 6.45) is 1.09. The van der Waals surface area contributed by atoms with Gasteiger partial charge in [-0.25, -0.2) is 0 Å². The fourth-order valence-corrected chi connectivity index (χ4v) is 2.58. The first-order valence-corrected chi connectivity index (χ1v) is 8.47. The van der Waals surface area contributed by atoms with Crippen molar-refractivity contribution < 1.29 is 4.79 Å². The van der Waals surface area contributed by atoms with Crippen molar-refractivity contribution in [1.82, 2.24) is 5.32 Å². The van der Waals surface area contributed by atoms with Crippen molar-refractivity contribution in [2.24, 2.45) is 0 Å². The monoisotopic (exact) mass is 294 g/mol. The number of benzene rings is 1. The van der Waals surface area contributed by atoms with E-state index >= 15 is 0 Å². The summed E-state index contributed by atoms with van der Waals surface area (Å²) >= 11 is 1.84. The predicted molar refractivity (Wildman–Crippen MR) is 89.9 cm³/mol. The molecule has 0 aliphatic heterocycles. The molecule has 0 aromatic heterocycles. The molecule has 1 atom stereocenters. The quantitative estimate of drug-likeness (QED) is 0.768. The number of anilines is 1. The normalized spacial score (nSPS) is 12.0. The van der Waals surface area contributed by atoms with Gasteiger partial charge in [0.1, 0.15) is 0 Å². The van der Waals surface area contributed by atoms with Gasteiger partial charge in [0.15, 0.2) is 0 Å². The minimum Gasteiger partial charge on any atom is -0.385 e. The number of carbonyl (C=O) groups excluding carboxylic acids is 1. The first kappa shape index (κ1) is 16.9. The van der Waals surface area contributed by atoms with E-state index in [1.165, 1.54) is 0 Å². The van der Waals surface area contributed by atoms with Gasteiger partial charge >= 0.3 is 0 Å². The molecule has 0 aliphatic carbocycles. The van der Waals surface area contributed by atoms with Crippen molar-refractivity contribution in [2.45, 2.75) is 40.2 Å². The summed E-state index contributed by atoms with van der Waals surface area (Å²) in [6.45, 7) is 9.30. The molecule has 1 aromatic rings. The van der Waals surface area contributed by atoms with Crippen LogP contribution < -0.4 is 10.6 Å². The maximum atomic E-state index is 12.2. The number of amides is 1. The number of nitrogens with one attached hydrogen (secondary N) is 2. The van der Waals surface area contributed by atoms with Crippen molar-refractivity contribution in [2.75, 3.05) is 23.4 Å². The van der Waals surface area contributed by atoms with Gasteiger partial charge in [-0.2, -0.15) is 11.8 Å². The maximum Gasteiger partial charge on any atom is 0.251 e. The summed E-state index contributed by atoms with van der Waals surface area (Å²) in [5.41, 5.74) is 2.96. The third-order valence-corrected chi connectivity index (χ3v) is 4.15. The molecule has 1 rings (SSSR count). The van der Waals surface area contributed by atoms with E-state index in [0.29, 0.717) is 0 Å². The van der Waals surface area contributed by atoms with Gasteiger partial charge in [-0.15, -0.1) is 0 Å². The van der Waals surface area contributed by atoms with Crippen molar-refractivity contribution in [3.05, 3.63) is 29.3 Å². The lowest BCUT2D eigenvalue weighted by molar-refractivity contribution is 0.0943. The lowest BCUT2D eigenvalue weighted by Crippen LogP contribution is -2.34. The Balaban J connectivity index is 2.62. The van der Waals surface area contributed by atoms with E-state index in [1.54, 1.807) is 0 Å². The van der Waals surface area contributed by atoms with E-state index in [1.807, 2.05) is 43.8 Å². The summed E-state index contributed by atoms with van der Waals surface area (Å²) in [5.74, 6) is 2.05. The van der Waals surface area contributed by atoms with Gasteiger partial charge in [-0.3, -0.25) is 4.79 Å². The average molecular weight is 294 g/mol. The molecule has 3 nitrogen and oxygen atoms in total. The standard InChI is InChI=1S/C16H26N2OS/c1-5-9-17-15-8-7-14(10-12(15)3)16(19)18-13(4)11-20-6-2/h7-8,10,13,17H,5-6,9,11H2,1-4H3,(H,18,19). The molecule has 0 aliphatic rings. The third-order valence-electron chi connectivity index (χ3n) is 3.00. The molecular formula is C16H26N2OS. The van der Waals surface area contributed by atoms with Gasteiger partial charge in [0.05, 0.1) is 0 Å². The highest BCUT2D eigenvalue weighted by molar-refractivity contribution is 7.99. The predicted octanol–water partition coefficient (Wildman–Crippen LogP) is 3.69. The molecule has 0 fully saturated rings. The van der Waals surface area contributed by atoms with Crippen LogP contribution in [-0.4, -0.2) is 30.0 Å². The van der Waals surface area contributed by atoms with Crippen LogP contribution in [0.4, 0.5) is 5.69 Å². The van der Waals surface area contributed by atoms with Gasteiger partial charge in [0.25, 0.3) is 5.91 Å². The number of rotatable bonds is 8. The van der Waals surface area contributed by atoms with Crippen LogP contribution in [0.25, 0.3) is 0 Å². The highest BCUT2D eigenvalue weighted by atomic mass is 32.2. The molecule has 0 heterocycles. The second-order valence-corrected chi connectivity index (χ2v) is 6.31. The highest BCUT2D eigenvalue weighted by Gasteiger charge is 2.10. The van der Waals surface area contributed by atoms with E-state index in [2.05, 4.69) is 24.5 Å². The Bertz CT molecular complexity index is 434. The van der Waals surface area contributed by atoms with Crippen LogP contribution in [0.3, 0.4) is 0 Å². The maximum absolute atomic E-state index is 12.2. The number of aryl methyl sites for hydroxylation is 1. The second kappa shape index (κ2) is 8.90. The minimum atomic E-state index is 0.0133.